The molecule has 41 heavy (non-hydrogen) atoms. The van der Waals surface area contributed by atoms with Crippen molar-refractivity contribution in [3.63, 3.8) is 0 Å². The van der Waals surface area contributed by atoms with Crippen LogP contribution >= 0.6 is 11.3 Å². The Hall–Kier alpha value is -4.64. The summed E-state index contributed by atoms with van der Waals surface area (Å²) in [5.41, 5.74) is 7.52. The number of hydrogen-bond donors (Lipinski definition) is 2. The summed E-state index contributed by atoms with van der Waals surface area (Å²) in [5.74, 6) is 0.0509. The molecule has 7 heteroatoms. The number of ether oxygens (including phenoxy) is 1. The number of nitrogens with zero attached hydrogens (tertiary/aromatic N) is 2. The van der Waals surface area contributed by atoms with Crippen LogP contribution in [0.3, 0.4) is 0 Å². The van der Waals surface area contributed by atoms with Crippen molar-refractivity contribution < 1.29 is 14.6 Å². The Labute approximate surface area is 242 Å². The summed E-state index contributed by atoms with van der Waals surface area (Å²) < 4.78 is 6.80. The van der Waals surface area contributed by atoms with Gasteiger partial charge in [0.1, 0.15) is 17.4 Å². The third-order valence-corrected chi connectivity index (χ3v) is 9.56. The maximum absolute atomic E-state index is 13.1. The van der Waals surface area contributed by atoms with Gasteiger partial charge in [-0.2, -0.15) is 5.26 Å². The molecule has 6 nitrogen and oxygen atoms in total. The van der Waals surface area contributed by atoms with Crippen molar-refractivity contribution in [3.8, 4) is 28.5 Å². The normalized spacial score (nSPS) is 19.6. The van der Waals surface area contributed by atoms with Crippen molar-refractivity contribution >= 4 is 23.1 Å². The van der Waals surface area contributed by atoms with Crippen LogP contribution in [-0.4, -0.2) is 28.8 Å². The smallest absolute Gasteiger partial charge is 0.412 e. The van der Waals surface area contributed by atoms with E-state index in [0.717, 1.165) is 21.7 Å². The van der Waals surface area contributed by atoms with Crippen LogP contribution in [0.2, 0.25) is 0 Å². The second-order valence-electron chi connectivity index (χ2n) is 10.7. The first-order valence-corrected chi connectivity index (χ1v) is 14.5. The van der Waals surface area contributed by atoms with Crippen molar-refractivity contribution in [2.75, 3.05) is 11.5 Å². The highest BCUT2D eigenvalue weighted by atomic mass is 32.1. The largest absolute Gasteiger partial charge is 0.465 e. The van der Waals surface area contributed by atoms with E-state index in [-0.39, 0.29) is 12.5 Å². The summed E-state index contributed by atoms with van der Waals surface area (Å²) in [5, 5.41) is 22.0. The van der Waals surface area contributed by atoms with Crippen molar-refractivity contribution in [3.05, 3.63) is 124 Å². The van der Waals surface area contributed by atoms with Gasteiger partial charge in [-0.3, -0.25) is 4.90 Å². The Morgan fingerprint density at radius 1 is 1.05 bits per heavy atom. The zero-order valence-electron chi connectivity index (χ0n) is 22.4. The highest BCUT2D eigenvalue weighted by molar-refractivity contribution is 7.10. The Morgan fingerprint density at radius 2 is 1.78 bits per heavy atom. The molecule has 0 spiro atoms. The molecule has 0 fully saturated rings. The number of fused-ring (bicyclic) bond motifs is 4. The fourth-order valence-electron chi connectivity index (χ4n) is 6.51. The van der Waals surface area contributed by atoms with Crippen LogP contribution in [0.15, 0.2) is 96.4 Å². The SMILES string of the molecule is CC1(c2cccs2)OCC(CC2c3ccccc3-c3ccccc32)N(C(=O)O)c2ccc(-c3ccc(C#N)[nH]3)cc21. The molecule has 1 amide bonds. The van der Waals surface area contributed by atoms with Crippen LogP contribution in [0, 0.1) is 11.3 Å². The molecule has 0 bridgehead atoms. The number of carbonyl (C=O) groups is 1. The van der Waals surface area contributed by atoms with E-state index in [9.17, 15) is 15.2 Å². The Morgan fingerprint density at radius 3 is 2.41 bits per heavy atom. The number of nitrogens with one attached hydrogen (secondary N) is 1. The zero-order chi connectivity index (χ0) is 28.1. The van der Waals surface area contributed by atoms with Gasteiger partial charge in [-0.15, -0.1) is 11.3 Å². The maximum Gasteiger partial charge on any atom is 0.412 e. The summed E-state index contributed by atoms with van der Waals surface area (Å²) in [7, 11) is 0. The van der Waals surface area contributed by atoms with Gasteiger partial charge in [-0.25, -0.2) is 4.79 Å². The number of benzene rings is 3. The van der Waals surface area contributed by atoms with Crippen LogP contribution in [0.25, 0.3) is 22.4 Å². The molecule has 1 aliphatic carbocycles. The topological polar surface area (TPSA) is 89.3 Å². The number of aromatic amines is 1. The number of carboxylic acid groups (broad SMARTS) is 1. The van der Waals surface area contributed by atoms with Gasteiger partial charge in [-0.05, 0) is 76.9 Å². The number of thiophene rings is 1. The van der Waals surface area contributed by atoms with Crippen molar-refractivity contribution in [1.82, 2.24) is 4.98 Å². The van der Waals surface area contributed by atoms with Crippen molar-refractivity contribution in [2.24, 2.45) is 0 Å². The fourth-order valence-corrected chi connectivity index (χ4v) is 7.36. The molecule has 0 saturated heterocycles. The van der Waals surface area contributed by atoms with Crippen LogP contribution < -0.4 is 4.90 Å². The van der Waals surface area contributed by atoms with Crippen LogP contribution in [0.1, 0.15) is 46.5 Å². The van der Waals surface area contributed by atoms with Gasteiger partial charge in [0, 0.05) is 22.1 Å². The zero-order valence-corrected chi connectivity index (χ0v) is 23.2. The van der Waals surface area contributed by atoms with Gasteiger partial charge in [0.05, 0.1) is 18.3 Å². The quantitative estimate of drug-likeness (QED) is 0.235. The van der Waals surface area contributed by atoms with E-state index in [0.29, 0.717) is 17.8 Å². The van der Waals surface area contributed by atoms with E-state index in [2.05, 4.69) is 59.6 Å². The summed E-state index contributed by atoms with van der Waals surface area (Å²) in [6.45, 7) is 2.27. The monoisotopic (exact) mass is 557 g/mol. The number of rotatable bonds is 4. The minimum atomic E-state index is -1.01. The van der Waals surface area contributed by atoms with Crippen molar-refractivity contribution in [1.29, 1.82) is 5.26 Å². The summed E-state index contributed by atoms with van der Waals surface area (Å²) in [4.78, 5) is 18.7. The first-order valence-electron chi connectivity index (χ1n) is 13.6. The van der Waals surface area contributed by atoms with E-state index in [1.807, 2.05) is 48.7 Å². The van der Waals surface area contributed by atoms with E-state index < -0.39 is 17.7 Å². The number of H-pyrrole nitrogens is 1. The maximum atomic E-state index is 13.1. The molecule has 5 aromatic rings. The molecule has 7 rings (SSSR count). The molecule has 3 heterocycles. The van der Waals surface area contributed by atoms with E-state index in [1.165, 1.54) is 27.2 Å². The average molecular weight is 558 g/mol. The number of amides is 1. The molecule has 202 valence electrons. The van der Waals surface area contributed by atoms with Gasteiger partial charge in [0.25, 0.3) is 0 Å². The van der Waals surface area contributed by atoms with Gasteiger partial charge < -0.3 is 14.8 Å². The average Bonchev–Trinajstić information content (AvgIpc) is 3.75. The van der Waals surface area contributed by atoms with Crippen LogP contribution in [-0.2, 0) is 10.3 Å². The second kappa shape index (κ2) is 9.77. The Bertz CT molecular complexity index is 1770. The summed E-state index contributed by atoms with van der Waals surface area (Å²) in [6.07, 6.45) is -0.418. The first-order chi connectivity index (χ1) is 20.0. The molecule has 2 atom stereocenters. The van der Waals surface area contributed by atoms with Crippen molar-refractivity contribution in [2.45, 2.75) is 30.9 Å². The molecule has 2 aliphatic rings. The number of hydrogen-bond acceptors (Lipinski definition) is 4. The molecule has 2 aromatic heterocycles. The molecule has 0 saturated carbocycles. The highest BCUT2D eigenvalue weighted by Gasteiger charge is 2.43. The molecule has 1 aliphatic heterocycles. The summed E-state index contributed by atoms with van der Waals surface area (Å²) >= 11 is 1.59. The molecule has 3 aromatic carbocycles. The second-order valence-corrected chi connectivity index (χ2v) is 11.7. The van der Waals surface area contributed by atoms with E-state index in [4.69, 9.17) is 4.74 Å². The van der Waals surface area contributed by atoms with E-state index >= 15 is 0 Å². The van der Waals surface area contributed by atoms with Crippen LogP contribution in [0.4, 0.5) is 10.5 Å². The summed E-state index contributed by atoms with van der Waals surface area (Å²) in [6, 6.07) is 32.0. The van der Waals surface area contributed by atoms with Crippen LogP contribution in [0.5, 0.6) is 0 Å². The lowest BCUT2D eigenvalue weighted by atomic mass is 9.89. The molecular formula is C34H27N3O3S. The minimum absolute atomic E-state index is 0.0509. The third-order valence-electron chi connectivity index (χ3n) is 8.48. The number of anilines is 1. The lowest BCUT2D eigenvalue weighted by Gasteiger charge is -2.30. The minimum Gasteiger partial charge on any atom is -0.465 e. The lowest BCUT2D eigenvalue weighted by Crippen LogP contribution is -2.42. The highest BCUT2D eigenvalue weighted by Crippen LogP contribution is 2.50. The predicted molar refractivity (Wildman–Crippen MR) is 160 cm³/mol. The van der Waals surface area contributed by atoms with E-state index in [1.54, 1.807) is 17.4 Å². The van der Waals surface area contributed by atoms with Gasteiger partial charge in [0.15, 0.2) is 0 Å². The standard InChI is InChI=1S/C34H27N3O3S/c1-34(32-11-6-16-41-32)29-17-21(30-14-13-22(19-35)36-30)12-15-31(29)37(33(38)39)23(20-40-34)18-28-26-9-4-2-7-24(26)25-8-3-5-10-27(25)28/h2-17,23,28,36H,18,20H2,1H3,(H,38,39). The molecule has 0 radical (unpaired) electrons. The van der Waals surface area contributed by atoms with Gasteiger partial charge >= 0.3 is 6.09 Å². The predicted octanol–water partition coefficient (Wildman–Crippen LogP) is 7.96. The van der Waals surface area contributed by atoms with Gasteiger partial charge in [0.2, 0.25) is 0 Å². The first kappa shape index (κ1) is 25.3. The van der Waals surface area contributed by atoms with Gasteiger partial charge in [-0.1, -0.05) is 60.7 Å². The molecular weight excluding hydrogens is 530 g/mol. The molecule has 2 unspecified atom stereocenters. The fraction of sp³-hybridized carbons (Fsp3) is 0.176. The third kappa shape index (κ3) is 4.07. The number of aromatic nitrogens is 1. The Balaban J connectivity index is 1.36. The Kier molecular flexibility index (Phi) is 6.04. The molecule has 2 N–H and O–H groups in total. The lowest BCUT2D eigenvalue weighted by molar-refractivity contribution is -0.00494. The number of nitriles is 1.